The van der Waals surface area contributed by atoms with Gasteiger partial charge in [0, 0.05) is 25.9 Å². The van der Waals surface area contributed by atoms with Crippen molar-refractivity contribution in [3.63, 3.8) is 0 Å². The lowest BCUT2D eigenvalue weighted by atomic mass is 10.1. The lowest BCUT2D eigenvalue weighted by Crippen LogP contribution is -2.38. The van der Waals surface area contributed by atoms with E-state index in [1.807, 2.05) is 4.90 Å². The monoisotopic (exact) mass is 329 g/mol. The number of aromatic nitrogens is 2. The second kappa shape index (κ2) is 7.03. The highest BCUT2D eigenvalue weighted by Crippen LogP contribution is 2.29. The standard InChI is InChI=1S/C16H22F3N3O/c17-16(18,19)14-5-8-20-15(21-14)22-9-6-13(7-10-22)23-11-12-3-1-2-4-12/h5,8,12-13H,1-4,6-7,9-11H2. The van der Waals surface area contributed by atoms with Crippen LogP contribution >= 0.6 is 0 Å². The summed E-state index contributed by atoms with van der Waals surface area (Å²) in [5.41, 5.74) is -0.887. The first kappa shape index (κ1) is 16.5. The van der Waals surface area contributed by atoms with Crippen molar-refractivity contribution < 1.29 is 17.9 Å². The van der Waals surface area contributed by atoms with E-state index >= 15 is 0 Å². The van der Waals surface area contributed by atoms with E-state index in [-0.39, 0.29) is 12.1 Å². The molecule has 0 atom stereocenters. The molecule has 0 spiro atoms. The van der Waals surface area contributed by atoms with Crippen molar-refractivity contribution in [1.29, 1.82) is 0 Å². The van der Waals surface area contributed by atoms with Gasteiger partial charge >= 0.3 is 6.18 Å². The van der Waals surface area contributed by atoms with Crippen molar-refractivity contribution in [1.82, 2.24) is 9.97 Å². The van der Waals surface area contributed by atoms with Crippen molar-refractivity contribution in [2.24, 2.45) is 5.92 Å². The fourth-order valence-electron chi connectivity index (χ4n) is 3.33. The molecule has 7 heteroatoms. The van der Waals surface area contributed by atoms with Gasteiger partial charge in [-0.3, -0.25) is 0 Å². The molecular formula is C16H22F3N3O. The maximum Gasteiger partial charge on any atom is 0.433 e. The highest BCUT2D eigenvalue weighted by molar-refractivity contribution is 5.31. The molecule has 0 unspecified atom stereocenters. The van der Waals surface area contributed by atoms with Gasteiger partial charge in [-0.15, -0.1) is 0 Å². The van der Waals surface area contributed by atoms with Crippen LogP contribution < -0.4 is 4.90 Å². The number of piperidine rings is 1. The van der Waals surface area contributed by atoms with Gasteiger partial charge in [0.25, 0.3) is 0 Å². The summed E-state index contributed by atoms with van der Waals surface area (Å²) in [5, 5.41) is 0. The number of nitrogens with zero attached hydrogens (tertiary/aromatic N) is 3. The van der Waals surface area contributed by atoms with Crippen LogP contribution in [0, 0.1) is 5.92 Å². The van der Waals surface area contributed by atoms with Gasteiger partial charge in [-0.2, -0.15) is 13.2 Å². The van der Waals surface area contributed by atoms with Crippen molar-refractivity contribution in [2.45, 2.75) is 50.8 Å². The molecule has 1 aromatic heterocycles. The number of alkyl halides is 3. The Bertz CT molecular complexity index is 510. The van der Waals surface area contributed by atoms with E-state index in [0.29, 0.717) is 19.0 Å². The van der Waals surface area contributed by atoms with Crippen LogP contribution in [0.15, 0.2) is 12.3 Å². The van der Waals surface area contributed by atoms with Crippen LogP contribution in [-0.4, -0.2) is 35.8 Å². The minimum Gasteiger partial charge on any atom is -0.378 e. The van der Waals surface area contributed by atoms with Gasteiger partial charge in [-0.05, 0) is 37.7 Å². The van der Waals surface area contributed by atoms with E-state index in [0.717, 1.165) is 25.5 Å². The summed E-state index contributed by atoms with van der Waals surface area (Å²) >= 11 is 0. The molecule has 4 nitrogen and oxygen atoms in total. The van der Waals surface area contributed by atoms with Gasteiger partial charge in [-0.1, -0.05) is 12.8 Å². The highest BCUT2D eigenvalue weighted by atomic mass is 19.4. The Morgan fingerprint density at radius 2 is 1.83 bits per heavy atom. The molecule has 1 aromatic rings. The predicted molar refractivity (Wildman–Crippen MR) is 80.2 cm³/mol. The number of hydrogen-bond acceptors (Lipinski definition) is 4. The summed E-state index contributed by atoms with van der Waals surface area (Å²) in [5.74, 6) is 0.855. The fourth-order valence-corrected chi connectivity index (χ4v) is 3.33. The molecule has 2 fully saturated rings. The largest absolute Gasteiger partial charge is 0.433 e. The van der Waals surface area contributed by atoms with Crippen LogP contribution in [0.1, 0.15) is 44.2 Å². The van der Waals surface area contributed by atoms with E-state index in [2.05, 4.69) is 9.97 Å². The van der Waals surface area contributed by atoms with Gasteiger partial charge in [0.1, 0.15) is 5.69 Å². The minimum atomic E-state index is -4.43. The summed E-state index contributed by atoms with van der Waals surface area (Å²) in [6.07, 6.45) is 3.71. The molecule has 0 N–H and O–H groups in total. The quantitative estimate of drug-likeness (QED) is 0.845. The maximum absolute atomic E-state index is 12.7. The highest BCUT2D eigenvalue weighted by Gasteiger charge is 2.33. The van der Waals surface area contributed by atoms with E-state index in [4.69, 9.17) is 4.74 Å². The zero-order valence-electron chi connectivity index (χ0n) is 13.1. The van der Waals surface area contributed by atoms with Gasteiger partial charge in [0.05, 0.1) is 6.10 Å². The number of ether oxygens (including phenoxy) is 1. The maximum atomic E-state index is 12.7. The predicted octanol–water partition coefficient (Wildman–Crippen LogP) is 3.67. The first-order valence-corrected chi connectivity index (χ1v) is 8.29. The Hall–Kier alpha value is -1.37. The van der Waals surface area contributed by atoms with E-state index in [1.54, 1.807) is 0 Å². The summed E-state index contributed by atoms with van der Waals surface area (Å²) in [6.45, 7) is 2.10. The van der Waals surface area contributed by atoms with Gasteiger partial charge in [0.2, 0.25) is 5.95 Å². The molecule has 1 aliphatic heterocycles. The zero-order chi connectivity index (χ0) is 16.3. The van der Waals surface area contributed by atoms with E-state index < -0.39 is 11.9 Å². The molecule has 0 bridgehead atoms. The Kier molecular flexibility index (Phi) is 5.04. The number of halogens is 3. The molecule has 0 aromatic carbocycles. The summed E-state index contributed by atoms with van der Waals surface area (Å²) in [4.78, 5) is 9.45. The van der Waals surface area contributed by atoms with Crippen molar-refractivity contribution in [3.05, 3.63) is 18.0 Å². The topological polar surface area (TPSA) is 38.2 Å². The number of anilines is 1. The Labute approximate surface area is 134 Å². The lowest BCUT2D eigenvalue weighted by molar-refractivity contribution is -0.141. The molecule has 0 radical (unpaired) electrons. The summed E-state index contributed by atoms with van der Waals surface area (Å²) < 4.78 is 44.1. The smallest absolute Gasteiger partial charge is 0.378 e. The first-order valence-electron chi connectivity index (χ1n) is 8.29. The average Bonchev–Trinajstić information content (AvgIpc) is 3.06. The van der Waals surface area contributed by atoms with Gasteiger partial charge < -0.3 is 9.64 Å². The average molecular weight is 329 g/mol. The molecular weight excluding hydrogens is 307 g/mol. The van der Waals surface area contributed by atoms with Crippen LogP contribution in [0.4, 0.5) is 19.1 Å². The van der Waals surface area contributed by atoms with Crippen LogP contribution in [0.25, 0.3) is 0 Å². The normalized spacial score (nSPS) is 21.1. The van der Waals surface area contributed by atoms with E-state index in [9.17, 15) is 13.2 Å². The lowest BCUT2D eigenvalue weighted by Gasteiger charge is -2.32. The molecule has 1 aliphatic carbocycles. The van der Waals surface area contributed by atoms with Crippen molar-refractivity contribution in [2.75, 3.05) is 24.6 Å². The van der Waals surface area contributed by atoms with Crippen molar-refractivity contribution >= 4 is 5.95 Å². The van der Waals surface area contributed by atoms with Gasteiger partial charge in [-0.25, -0.2) is 9.97 Å². The Morgan fingerprint density at radius 3 is 2.48 bits per heavy atom. The third-order valence-electron chi connectivity index (χ3n) is 4.70. The molecule has 0 amide bonds. The third kappa shape index (κ3) is 4.34. The SMILES string of the molecule is FC(F)(F)c1ccnc(N2CCC(OCC3CCCC3)CC2)n1. The second-order valence-corrected chi connectivity index (χ2v) is 6.41. The molecule has 23 heavy (non-hydrogen) atoms. The Morgan fingerprint density at radius 1 is 1.13 bits per heavy atom. The molecule has 3 rings (SSSR count). The number of hydrogen-bond donors (Lipinski definition) is 0. The van der Waals surface area contributed by atoms with E-state index in [1.165, 1.54) is 31.9 Å². The number of rotatable bonds is 4. The minimum absolute atomic E-state index is 0.161. The van der Waals surface area contributed by atoms with Gasteiger partial charge in [0.15, 0.2) is 0 Å². The molecule has 1 saturated heterocycles. The van der Waals surface area contributed by atoms with Crippen LogP contribution in [0.3, 0.4) is 0 Å². The summed E-state index contributed by atoms with van der Waals surface area (Å²) in [6, 6.07) is 0.904. The fraction of sp³-hybridized carbons (Fsp3) is 0.750. The zero-order valence-corrected chi connectivity index (χ0v) is 13.1. The Balaban J connectivity index is 1.50. The molecule has 2 heterocycles. The summed E-state index contributed by atoms with van der Waals surface area (Å²) in [7, 11) is 0. The van der Waals surface area contributed by atoms with Crippen molar-refractivity contribution in [3.8, 4) is 0 Å². The molecule has 128 valence electrons. The first-order chi connectivity index (χ1) is 11.0. The molecule has 1 saturated carbocycles. The third-order valence-corrected chi connectivity index (χ3v) is 4.70. The van der Waals surface area contributed by atoms with Crippen LogP contribution in [0.2, 0.25) is 0 Å². The van der Waals surface area contributed by atoms with Crippen LogP contribution in [0.5, 0.6) is 0 Å². The van der Waals surface area contributed by atoms with Crippen LogP contribution in [-0.2, 0) is 10.9 Å². The molecule has 2 aliphatic rings. The second-order valence-electron chi connectivity index (χ2n) is 6.41.